The van der Waals surface area contributed by atoms with Crippen LogP contribution in [-0.4, -0.2) is 44.7 Å². The van der Waals surface area contributed by atoms with Crippen LogP contribution in [0.4, 0.5) is 5.69 Å². The minimum Gasteiger partial charge on any atom is -0.497 e. The molecule has 4 aromatic rings. The van der Waals surface area contributed by atoms with Gasteiger partial charge in [-0.05, 0) is 74.9 Å². The first kappa shape index (κ1) is 25.6. The molecule has 1 atom stereocenters. The van der Waals surface area contributed by atoms with Crippen molar-refractivity contribution in [2.24, 2.45) is 0 Å². The number of carbonyl (C=O) groups excluding carboxylic acids is 2. The van der Waals surface area contributed by atoms with Gasteiger partial charge in [-0.3, -0.25) is 14.5 Å². The van der Waals surface area contributed by atoms with Gasteiger partial charge in [-0.2, -0.15) is 4.80 Å². The van der Waals surface area contributed by atoms with E-state index in [0.717, 1.165) is 0 Å². The molecule has 0 aliphatic rings. The van der Waals surface area contributed by atoms with E-state index < -0.39 is 17.5 Å². The summed E-state index contributed by atoms with van der Waals surface area (Å²) in [5.41, 5.74) is 0.661. The number of benzene rings is 2. The number of hydrogen-bond acceptors (Lipinski definition) is 7. The molecule has 0 aliphatic carbocycles. The predicted molar refractivity (Wildman–Crippen MR) is 138 cm³/mol. The molecule has 0 saturated heterocycles. The van der Waals surface area contributed by atoms with Gasteiger partial charge >= 0.3 is 0 Å². The van der Waals surface area contributed by atoms with Gasteiger partial charge in [0.1, 0.15) is 24.1 Å². The molecule has 0 bridgehead atoms. The zero-order valence-electron chi connectivity index (χ0n) is 21.5. The summed E-state index contributed by atoms with van der Waals surface area (Å²) in [5.74, 6) is 1.36. The number of rotatable bonds is 8. The molecule has 0 saturated carbocycles. The Kier molecular flexibility index (Phi) is 7.37. The topological polar surface area (TPSA) is 115 Å². The van der Waals surface area contributed by atoms with Crippen LogP contribution >= 0.6 is 0 Å². The summed E-state index contributed by atoms with van der Waals surface area (Å²) in [6.07, 6.45) is 0. The van der Waals surface area contributed by atoms with E-state index in [1.165, 1.54) is 9.70 Å². The third-order valence-electron chi connectivity index (χ3n) is 5.43. The molecule has 0 spiro atoms. The number of hydrogen-bond donors (Lipinski definition) is 1. The van der Waals surface area contributed by atoms with Gasteiger partial charge in [0.15, 0.2) is 5.76 Å². The lowest BCUT2D eigenvalue weighted by molar-refractivity contribution is -0.128. The first-order valence-electron chi connectivity index (χ1n) is 11.8. The van der Waals surface area contributed by atoms with Crippen LogP contribution in [0.15, 0.2) is 71.1 Å². The minimum atomic E-state index is -0.962. The van der Waals surface area contributed by atoms with Gasteiger partial charge in [-0.15, -0.1) is 10.2 Å². The van der Waals surface area contributed by atoms with Gasteiger partial charge < -0.3 is 14.5 Å². The van der Waals surface area contributed by atoms with Gasteiger partial charge in [0.25, 0.3) is 5.91 Å². The molecule has 0 unspecified atom stereocenters. The molecular weight excluding hydrogens is 472 g/mol. The first-order chi connectivity index (χ1) is 17.6. The molecule has 192 valence electrons. The van der Waals surface area contributed by atoms with E-state index >= 15 is 0 Å². The van der Waals surface area contributed by atoms with Crippen molar-refractivity contribution in [1.29, 1.82) is 0 Å². The Morgan fingerprint density at radius 3 is 2.35 bits per heavy atom. The van der Waals surface area contributed by atoms with E-state index in [2.05, 4.69) is 20.7 Å². The standard InChI is InChI=1S/C27H30N6O4/c1-18-11-16-22(37-18)25-29-31-32(30-25)17-23(34)33(20-9-7-6-8-10-20)24(26(35)28-27(2,3)4)19-12-14-21(36-5)15-13-19/h6-16,24H,17H2,1-5H3,(H,28,35)/t24-/m1/s1. The molecular formula is C27H30N6O4. The second kappa shape index (κ2) is 10.7. The molecule has 10 nitrogen and oxygen atoms in total. The normalized spacial score (nSPS) is 12.1. The highest BCUT2D eigenvalue weighted by atomic mass is 16.5. The molecule has 2 aromatic carbocycles. The van der Waals surface area contributed by atoms with Crippen molar-refractivity contribution in [2.75, 3.05) is 12.0 Å². The van der Waals surface area contributed by atoms with E-state index in [4.69, 9.17) is 9.15 Å². The fourth-order valence-electron chi connectivity index (χ4n) is 3.83. The third kappa shape index (κ3) is 6.21. The lowest BCUT2D eigenvalue weighted by atomic mass is 10.0. The monoisotopic (exact) mass is 502 g/mol. The van der Waals surface area contributed by atoms with E-state index in [-0.39, 0.29) is 18.3 Å². The number of nitrogens with one attached hydrogen (secondary N) is 1. The van der Waals surface area contributed by atoms with Crippen LogP contribution in [0.2, 0.25) is 0 Å². The number of para-hydroxylation sites is 1. The highest BCUT2D eigenvalue weighted by Crippen LogP contribution is 2.30. The number of amides is 2. The maximum Gasteiger partial charge on any atom is 0.251 e. The lowest BCUT2D eigenvalue weighted by Crippen LogP contribution is -2.50. The molecule has 2 amide bonds. The summed E-state index contributed by atoms with van der Waals surface area (Å²) in [6.45, 7) is 7.25. The van der Waals surface area contributed by atoms with Gasteiger partial charge in [0, 0.05) is 11.2 Å². The summed E-state index contributed by atoms with van der Waals surface area (Å²) in [4.78, 5) is 30.2. The van der Waals surface area contributed by atoms with Crippen LogP contribution in [0.1, 0.15) is 38.1 Å². The quantitative estimate of drug-likeness (QED) is 0.388. The number of methoxy groups -OCH3 is 1. The van der Waals surface area contributed by atoms with Gasteiger partial charge in [0.05, 0.1) is 7.11 Å². The number of nitrogens with zero attached hydrogens (tertiary/aromatic N) is 5. The predicted octanol–water partition coefficient (Wildman–Crippen LogP) is 3.94. The van der Waals surface area contributed by atoms with Gasteiger partial charge in [-0.25, -0.2) is 0 Å². The maximum atomic E-state index is 13.8. The summed E-state index contributed by atoms with van der Waals surface area (Å²) in [7, 11) is 1.57. The smallest absolute Gasteiger partial charge is 0.251 e. The highest BCUT2D eigenvalue weighted by molar-refractivity contribution is 6.01. The maximum absolute atomic E-state index is 13.8. The Hall–Kier alpha value is -4.47. The Balaban J connectivity index is 1.72. The molecule has 0 aliphatic heterocycles. The third-order valence-corrected chi connectivity index (χ3v) is 5.43. The Labute approximate surface area is 215 Å². The second-order valence-electron chi connectivity index (χ2n) is 9.57. The van der Waals surface area contributed by atoms with Crippen molar-refractivity contribution in [2.45, 2.75) is 45.8 Å². The highest BCUT2D eigenvalue weighted by Gasteiger charge is 2.35. The van der Waals surface area contributed by atoms with Crippen molar-refractivity contribution in [3.63, 3.8) is 0 Å². The number of tetrazole rings is 1. The van der Waals surface area contributed by atoms with Crippen LogP contribution in [0.5, 0.6) is 5.75 Å². The Bertz CT molecular complexity index is 1360. The van der Waals surface area contributed by atoms with Gasteiger partial charge in [0.2, 0.25) is 11.7 Å². The largest absolute Gasteiger partial charge is 0.497 e. The summed E-state index contributed by atoms with van der Waals surface area (Å²) >= 11 is 0. The van der Waals surface area contributed by atoms with Crippen molar-refractivity contribution in [3.8, 4) is 17.3 Å². The molecule has 0 fully saturated rings. The van der Waals surface area contributed by atoms with Crippen molar-refractivity contribution in [3.05, 3.63) is 78.1 Å². The number of carbonyl (C=O) groups is 2. The SMILES string of the molecule is COc1ccc([C@H](C(=O)NC(C)(C)C)N(C(=O)Cn2nnc(-c3ccc(C)o3)n2)c2ccccc2)cc1. The molecule has 1 N–H and O–H groups in total. The lowest BCUT2D eigenvalue weighted by Gasteiger charge is -2.33. The molecule has 0 radical (unpaired) electrons. The number of aryl methyl sites for hydroxylation is 1. The van der Waals surface area contributed by atoms with Crippen molar-refractivity contribution >= 4 is 17.5 Å². The number of ether oxygens (including phenoxy) is 1. The van der Waals surface area contributed by atoms with Crippen LogP contribution in [0.25, 0.3) is 11.6 Å². The molecule has 2 aromatic heterocycles. The van der Waals surface area contributed by atoms with E-state index in [1.807, 2.05) is 45.9 Å². The summed E-state index contributed by atoms with van der Waals surface area (Å²) < 4.78 is 10.8. The van der Waals surface area contributed by atoms with Crippen LogP contribution in [0.3, 0.4) is 0 Å². The fourth-order valence-corrected chi connectivity index (χ4v) is 3.83. The zero-order chi connectivity index (χ0) is 26.6. The first-order valence-corrected chi connectivity index (χ1v) is 11.8. The van der Waals surface area contributed by atoms with Crippen molar-refractivity contribution in [1.82, 2.24) is 25.5 Å². The molecule has 4 rings (SSSR count). The van der Waals surface area contributed by atoms with Crippen LogP contribution in [0, 0.1) is 6.92 Å². The van der Waals surface area contributed by atoms with Crippen molar-refractivity contribution < 1.29 is 18.7 Å². The summed E-state index contributed by atoms with van der Waals surface area (Å²) in [6, 6.07) is 18.7. The molecule has 2 heterocycles. The summed E-state index contributed by atoms with van der Waals surface area (Å²) in [5, 5.41) is 15.4. The van der Waals surface area contributed by atoms with E-state index in [1.54, 1.807) is 55.6 Å². The van der Waals surface area contributed by atoms with Crippen LogP contribution < -0.4 is 15.0 Å². The van der Waals surface area contributed by atoms with Gasteiger partial charge in [-0.1, -0.05) is 30.3 Å². The molecule has 37 heavy (non-hydrogen) atoms. The number of anilines is 1. The minimum absolute atomic E-state index is 0.239. The second-order valence-corrected chi connectivity index (χ2v) is 9.57. The van der Waals surface area contributed by atoms with E-state index in [9.17, 15) is 9.59 Å². The average Bonchev–Trinajstić information content (AvgIpc) is 3.50. The Morgan fingerprint density at radius 1 is 1.05 bits per heavy atom. The average molecular weight is 503 g/mol. The Morgan fingerprint density at radius 2 is 1.76 bits per heavy atom. The molecule has 10 heteroatoms. The number of aromatic nitrogens is 4. The zero-order valence-corrected chi connectivity index (χ0v) is 21.5. The van der Waals surface area contributed by atoms with Crippen LogP contribution in [-0.2, 0) is 16.1 Å². The van der Waals surface area contributed by atoms with E-state index in [0.29, 0.717) is 28.5 Å². The number of furan rings is 1. The fraction of sp³-hybridized carbons (Fsp3) is 0.296.